The first kappa shape index (κ1) is 9.68. The highest BCUT2D eigenvalue weighted by molar-refractivity contribution is 5.07. The topological polar surface area (TPSA) is 50.1 Å². The smallest absolute Gasteiger partial charge is 0.142 e. The first-order valence-corrected chi connectivity index (χ1v) is 5.21. The van der Waals surface area contributed by atoms with Gasteiger partial charge in [0.1, 0.15) is 11.4 Å². The number of piperidine rings is 1. The van der Waals surface area contributed by atoms with Gasteiger partial charge in [-0.3, -0.25) is 0 Å². The molecule has 1 atom stereocenters. The summed E-state index contributed by atoms with van der Waals surface area (Å²) >= 11 is 0. The zero-order chi connectivity index (χ0) is 10.0. The normalized spacial score (nSPS) is 27.9. The van der Waals surface area contributed by atoms with E-state index in [1.165, 1.54) is 0 Å². The van der Waals surface area contributed by atoms with Crippen molar-refractivity contribution in [2.24, 2.45) is 0 Å². The third-order valence-electron chi connectivity index (χ3n) is 2.83. The molecular formula is C10H17N3O. The van der Waals surface area contributed by atoms with Gasteiger partial charge in [0.15, 0.2) is 0 Å². The average molecular weight is 195 g/mol. The van der Waals surface area contributed by atoms with Crippen LogP contribution in [-0.2, 0) is 12.1 Å². The molecule has 1 fully saturated rings. The lowest BCUT2D eigenvalue weighted by Gasteiger charge is -2.32. The van der Waals surface area contributed by atoms with Crippen molar-refractivity contribution in [2.75, 3.05) is 13.1 Å². The number of hydrogen-bond acceptors (Lipinski definition) is 3. The standard InChI is InChI=1S/C10H17N3O/c1-2-13-7-6-12-9(13)10(14)4-3-5-11-8-10/h6-7,11,14H,2-5,8H2,1H3. The van der Waals surface area contributed by atoms with Gasteiger partial charge in [-0.15, -0.1) is 0 Å². The van der Waals surface area contributed by atoms with Crippen LogP contribution in [0.5, 0.6) is 0 Å². The predicted octanol–water partition coefficient (Wildman–Crippen LogP) is 0.474. The molecule has 0 radical (unpaired) electrons. The molecule has 0 saturated carbocycles. The van der Waals surface area contributed by atoms with E-state index >= 15 is 0 Å². The fourth-order valence-electron chi connectivity index (χ4n) is 2.05. The van der Waals surface area contributed by atoms with E-state index in [-0.39, 0.29) is 0 Å². The van der Waals surface area contributed by atoms with Gasteiger partial charge in [0, 0.05) is 25.5 Å². The Kier molecular flexibility index (Phi) is 2.56. The molecule has 2 N–H and O–H groups in total. The number of hydrogen-bond donors (Lipinski definition) is 2. The number of aryl methyl sites for hydroxylation is 1. The fraction of sp³-hybridized carbons (Fsp3) is 0.700. The number of aromatic nitrogens is 2. The molecular weight excluding hydrogens is 178 g/mol. The second kappa shape index (κ2) is 3.71. The van der Waals surface area contributed by atoms with Crippen LogP contribution in [0, 0.1) is 0 Å². The van der Waals surface area contributed by atoms with Gasteiger partial charge < -0.3 is 15.0 Å². The summed E-state index contributed by atoms with van der Waals surface area (Å²) in [5, 5.41) is 13.6. The van der Waals surface area contributed by atoms with Gasteiger partial charge >= 0.3 is 0 Å². The maximum absolute atomic E-state index is 10.4. The Morgan fingerprint density at radius 3 is 3.21 bits per heavy atom. The van der Waals surface area contributed by atoms with E-state index in [1.54, 1.807) is 6.20 Å². The molecule has 0 bridgehead atoms. The van der Waals surface area contributed by atoms with Crippen LogP contribution < -0.4 is 5.32 Å². The van der Waals surface area contributed by atoms with Gasteiger partial charge in [-0.2, -0.15) is 0 Å². The lowest BCUT2D eigenvalue weighted by Crippen LogP contribution is -2.45. The molecule has 14 heavy (non-hydrogen) atoms. The van der Waals surface area contributed by atoms with Crippen LogP contribution >= 0.6 is 0 Å². The number of β-amino-alcohol motifs (C(OH)–C–C–N with tert-alkyl or cyclic N) is 1. The quantitative estimate of drug-likeness (QED) is 0.721. The summed E-state index contributed by atoms with van der Waals surface area (Å²) in [7, 11) is 0. The Labute approximate surface area is 84.0 Å². The highest BCUT2D eigenvalue weighted by Gasteiger charge is 2.34. The maximum atomic E-state index is 10.4. The van der Waals surface area contributed by atoms with Crippen molar-refractivity contribution in [3.63, 3.8) is 0 Å². The van der Waals surface area contributed by atoms with Gasteiger partial charge in [-0.1, -0.05) is 0 Å². The van der Waals surface area contributed by atoms with Gasteiger partial charge in [-0.05, 0) is 26.3 Å². The number of aliphatic hydroxyl groups is 1. The van der Waals surface area contributed by atoms with Crippen molar-refractivity contribution >= 4 is 0 Å². The van der Waals surface area contributed by atoms with E-state index in [4.69, 9.17) is 0 Å². The minimum absolute atomic E-state index is 0.615. The van der Waals surface area contributed by atoms with Crippen LogP contribution in [-0.4, -0.2) is 27.7 Å². The predicted molar refractivity (Wildman–Crippen MR) is 53.9 cm³/mol. The molecule has 4 heteroatoms. The number of imidazole rings is 1. The molecule has 0 spiro atoms. The molecule has 1 aliphatic heterocycles. The van der Waals surface area contributed by atoms with E-state index in [0.29, 0.717) is 6.54 Å². The molecule has 1 saturated heterocycles. The van der Waals surface area contributed by atoms with Gasteiger partial charge in [0.05, 0.1) is 0 Å². The molecule has 0 aliphatic carbocycles. The molecule has 1 aliphatic rings. The van der Waals surface area contributed by atoms with Gasteiger partial charge in [0.25, 0.3) is 0 Å². The Morgan fingerprint density at radius 1 is 1.71 bits per heavy atom. The second-order valence-corrected chi connectivity index (χ2v) is 3.85. The Hall–Kier alpha value is -0.870. The first-order chi connectivity index (χ1) is 6.76. The Bertz CT molecular complexity index is 302. The van der Waals surface area contributed by atoms with Crippen molar-refractivity contribution in [1.82, 2.24) is 14.9 Å². The van der Waals surface area contributed by atoms with Crippen molar-refractivity contribution in [1.29, 1.82) is 0 Å². The number of nitrogens with zero attached hydrogens (tertiary/aromatic N) is 2. The summed E-state index contributed by atoms with van der Waals surface area (Å²) < 4.78 is 2.01. The third kappa shape index (κ3) is 1.55. The zero-order valence-corrected chi connectivity index (χ0v) is 8.53. The van der Waals surface area contributed by atoms with E-state index in [0.717, 1.165) is 31.8 Å². The summed E-state index contributed by atoms with van der Waals surface area (Å²) in [6, 6.07) is 0. The van der Waals surface area contributed by atoms with E-state index in [9.17, 15) is 5.11 Å². The molecule has 0 amide bonds. The van der Waals surface area contributed by atoms with Crippen LogP contribution in [0.1, 0.15) is 25.6 Å². The SMILES string of the molecule is CCn1ccnc1C1(O)CCCNC1. The summed E-state index contributed by atoms with van der Waals surface area (Å²) in [6.45, 7) is 4.53. The minimum Gasteiger partial charge on any atom is -0.381 e. The first-order valence-electron chi connectivity index (χ1n) is 5.21. The maximum Gasteiger partial charge on any atom is 0.142 e. The Balaban J connectivity index is 2.27. The lowest BCUT2D eigenvalue weighted by atomic mass is 9.93. The molecule has 4 nitrogen and oxygen atoms in total. The Morgan fingerprint density at radius 2 is 2.57 bits per heavy atom. The van der Waals surface area contributed by atoms with Crippen LogP contribution in [0.3, 0.4) is 0 Å². The molecule has 1 unspecified atom stereocenters. The third-order valence-corrected chi connectivity index (χ3v) is 2.83. The van der Waals surface area contributed by atoms with Crippen molar-refractivity contribution in [3.05, 3.63) is 18.2 Å². The van der Waals surface area contributed by atoms with Crippen molar-refractivity contribution < 1.29 is 5.11 Å². The highest BCUT2D eigenvalue weighted by Crippen LogP contribution is 2.26. The summed E-state index contributed by atoms with van der Waals surface area (Å²) in [4.78, 5) is 4.26. The minimum atomic E-state index is -0.766. The molecule has 1 aromatic rings. The van der Waals surface area contributed by atoms with Crippen molar-refractivity contribution in [3.8, 4) is 0 Å². The molecule has 0 aromatic carbocycles. The zero-order valence-electron chi connectivity index (χ0n) is 8.53. The van der Waals surface area contributed by atoms with Crippen LogP contribution in [0.2, 0.25) is 0 Å². The second-order valence-electron chi connectivity index (χ2n) is 3.85. The number of rotatable bonds is 2. The average Bonchev–Trinajstić information content (AvgIpc) is 2.67. The lowest BCUT2D eigenvalue weighted by molar-refractivity contribution is 0.000884. The van der Waals surface area contributed by atoms with E-state index in [2.05, 4.69) is 17.2 Å². The fourth-order valence-corrected chi connectivity index (χ4v) is 2.05. The van der Waals surface area contributed by atoms with E-state index < -0.39 is 5.60 Å². The van der Waals surface area contributed by atoms with Gasteiger partial charge in [0.2, 0.25) is 0 Å². The summed E-state index contributed by atoms with van der Waals surface area (Å²) in [6.07, 6.45) is 5.48. The van der Waals surface area contributed by atoms with Gasteiger partial charge in [-0.25, -0.2) is 4.98 Å². The molecule has 1 aromatic heterocycles. The van der Waals surface area contributed by atoms with Crippen LogP contribution in [0.15, 0.2) is 12.4 Å². The summed E-state index contributed by atoms with van der Waals surface area (Å²) in [5.74, 6) is 0.798. The monoisotopic (exact) mass is 195 g/mol. The molecule has 78 valence electrons. The number of nitrogens with one attached hydrogen (secondary N) is 1. The molecule has 2 heterocycles. The summed E-state index contributed by atoms with van der Waals surface area (Å²) in [5.41, 5.74) is -0.766. The van der Waals surface area contributed by atoms with Crippen LogP contribution in [0.4, 0.5) is 0 Å². The largest absolute Gasteiger partial charge is 0.381 e. The van der Waals surface area contributed by atoms with Crippen molar-refractivity contribution in [2.45, 2.75) is 31.9 Å². The van der Waals surface area contributed by atoms with E-state index in [1.807, 2.05) is 10.8 Å². The highest BCUT2D eigenvalue weighted by atomic mass is 16.3. The molecule has 2 rings (SSSR count). The van der Waals surface area contributed by atoms with Crippen LogP contribution in [0.25, 0.3) is 0 Å².